The van der Waals surface area contributed by atoms with Crippen LogP contribution < -0.4 is 4.90 Å². The summed E-state index contributed by atoms with van der Waals surface area (Å²) in [7, 11) is 0. The van der Waals surface area contributed by atoms with Gasteiger partial charge in [-0.15, -0.1) is 0 Å². The molecule has 1 aliphatic carbocycles. The van der Waals surface area contributed by atoms with Gasteiger partial charge < -0.3 is 4.90 Å². The Balaban J connectivity index is 1.06. The maximum absolute atomic E-state index is 2.47. The average Bonchev–Trinajstić information content (AvgIpc) is 3.49. The molecule has 11 rings (SSSR count). The Morgan fingerprint density at radius 2 is 0.964 bits per heavy atom. The Labute approximate surface area is 327 Å². The van der Waals surface area contributed by atoms with Crippen LogP contribution in [0.4, 0.5) is 17.1 Å². The highest BCUT2D eigenvalue weighted by Gasteiger charge is 2.37. The van der Waals surface area contributed by atoms with Crippen LogP contribution in [0, 0.1) is 0 Å². The Bertz CT molecular complexity index is 3160. The zero-order valence-electron chi connectivity index (χ0n) is 31.5. The number of hydrogen-bond acceptors (Lipinski definition) is 1. The van der Waals surface area contributed by atoms with Crippen molar-refractivity contribution in [2.24, 2.45) is 0 Å². The molecule has 0 saturated carbocycles. The van der Waals surface area contributed by atoms with E-state index in [4.69, 9.17) is 0 Å². The van der Waals surface area contributed by atoms with E-state index in [0.717, 1.165) is 11.4 Å². The fourth-order valence-electron chi connectivity index (χ4n) is 9.46. The number of fused-ring (bicyclic) bond motifs is 9. The van der Waals surface area contributed by atoms with E-state index in [2.05, 4.69) is 219 Å². The van der Waals surface area contributed by atoms with Crippen LogP contribution in [0.2, 0.25) is 0 Å². The fourth-order valence-corrected chi connectivity index (χ4v) is 9.46. The van der Waals surface area contributed by atoms with Crippen LogP contribution in [-0.2, 0) is 5.41 Å². The van der Waals surface area contributed by atoms with E-state index < -0.39 is 0 Å². The highest BCUT2D eigenvalue weighted by Crippen LogP contribution is 2.54. The van der Waals surface area contributed by atoms with Crippen molar-refractivity contribution in [3.8, 4) is 33.4 Å². The van der Waals surface area contributed by atoms with Crippen molar-refractivity contribution in [2.75, 3.05) is 4.90 Å². The third kappa shape index (κ3) is 5.01. The first-order chi connectivity index (χ1) is 27.5. The first kappa shape index (κ1) is 32.5. The summed E-state index contributed by atoms with van der Waals surface area (Å²) in [5.41, 5.74) is 13.5. The number of anilines is 3. The molecule has 1 nitrogen and oxygen atoms in total. The molecular formula is C55H39N. The monoisotopic (exact) mass is 713 g/mol. The van der Waals surface area contributed by atoms with Crippen LogP contribution in [0.3, 0.4) is 0 Å². The molecule has 0 unspecified atom stereocenters. The molecule has 10 aromatic rings. The highest BCUT2D eigenvalue weighted by molar-refractivity contribution is 6.20. The van der Waals surface area contributed by atoms with Crippen LogP contribution >= 0.6 is 0 Å². The van der Waals surface area contributed by atoms with E-state index in [-0.39, 0.29) is 5.41 Å². The summed E-state index contributed by atoms with van der Waals surface area (Å²) in [4.78, 5) is 2.47. The van der Waals surface area contributed by atoms with Gasteiger partial charge in [0.15, 0.2) is 0 Å². The van der Waals surface area contributed by atoms with Crippen LogP contribution in [0.15, 0.2) is 200 Å². The quantitative estimate of drug-likeness (QED) is 0.161. The molecule has 0 spiro atoms. The fraction of sp³-hybridized carbons (Fsp3) is 0.0545. The van der Waals surface area contributed by atoms with E-state index in [0.29, 0.717) is 0 Å². The molecule has 0 fully saturated rings. The van der Waals surface area contributed by atoms with Gasteiger partial charge in [0, 0.05) is 22.4 Å². The van der Waals surface area contributed by atoms with Crippen molar-refractivity contribution in [3.63, 3.8) is 0 Å². The predicted octanol–water partition coefficient (Wildman–Crippen LogP) is 15.4. The summed E-state index contributed by atoms with van der Waals surface area (Å²) in [6, 6.07) is 74.0. The van der Waals surface area contributed by atoms with Crippen LogP contribution in [0.25, 0.3) is 76.5 Å². The Kier molecular flexibility index (Phi) is 7.28. The second-order valence-corrected chi connectivity index (χ2v) is 15.7. The first-order valence-electron chi connectivity index (χ1n) is 19.6. The molecule has 0 amide bonds. The van der Waals surface area contributed by atoms with Crippen molar-refractivity contribution in [1.29, 1.82) is 0 Å². The Morgan fingerprint density at radius 3 is 1.82 bits per heavy atom. The van der Waals surface area contributed by atoms with E-state index in [1.54, 1.807) is 0 Å². The molecule has 0 aromatic heterocycles. The lowest BCUT2D eigenvalue weighted by molar-refractivity contribution is 0.660. The van der Waals surface area contributed by atoms with Crippen molar-refractivity contribution in [3.05, 3.63) is 211 Å². The van der Waals surface area contributed by atoms with Crippen LogP contribution in [-0.4, -0.2) is 0 Å². The Hall–Kier alpha value is -6.96. The lowest BCUT2D eigenvalue weighted by atomic mass is 9.82. The molecular weight excluding hydrogens is 675 g/mol. The second kappa shape index (κ2) is 12.5. The van der Waals surface area contributed by atoms with Crippen molar-refractivity contribution in [1.82, 2.24) is 0 Å². The normalized spacial score (nSPS) is 13.0. The van der Waals surface area contributed by atoms with Gasteiger partial charge in [0.1, 0.15) is 0 Å². The topological polar surface area (TPSA) is 3.24 Å². The van der Waals surface area contributed by atoms with E-state index in [9.17, 15) is 0 Å². The van der Waals surface area contributed by atoms with Gasteiger partial charge in [-0.25, -0.2) is 0 Å². The predicted molar refractivity (Wildman–Crippen MR) is 240 cm³/mol. The van der Waals surface area contributed by atoms with Gasteiger partial charge in [-0.3, -0.25) is 0 Å². The summed E-state index contributed by atoms with van der Waals surface area (Å²) in [6.07, 6.45) is 0. The number of rotatable bonds is 5. The zero-order valence-corrected chi connectivity index (χ0v) is 31.5. The molecule has 0 N–H and O–H groups in total. The average molecular weight is 714 g/mol. The van der Waals surface area contributed by atoms with E-state index >= 15 is 0 Å². The van der Waals surface area contributed by atoms with E-state index in [1.165, 1.54) is 93.3 Å². The molecule has 0 atom stereocenters. The standard InChI is InChI=1S/C55H39N/c1-55(2)50-21-8-7-19-49(50)54-51(55)22-11-23-52(54)56(44-16-9-15-41(35-44)46-20-10-14-37-12-3-5-17-45(37)46)43-31-28-36(29-32-43)40-30-33-48-42(34-40)27-26-39-25-24-38-13-4-6-18-47(38)53(39)48/h3-35H,1-2H3. The van der Waals surface area contributed by atoms with E-state index in [1.807, 2.05) is 0 Å². The van der Waals surface area contributed by atoms with Gasteiger partial charge in [0.2, 0.25) is 0 Å². The third-order valence-corrected chi connectivity index (χ3v) is 12.2. The second-order valence-electron chi connectivity index (χ2n) is 15.7. The van der Waals surface area contributed by atoms with Gasteiger partial charge >= 0.3 is 0 Å². The van der Waals surface area contributed by atoms with Crippen LogP contribution in [0.5, 0.6) is 0 Å². The van der Waals surface area contributed by atoms with Crippen molar-refractivity contribution < 1.29 is 0 Å². The van der Waals surface area contributed by atoms with Gasteiger partial charge in [-0.05, 0) is 118 Å². The number of benzene rings is 10. The first-order valence-corrected chi connectivity index (χ1v) is 19.6. The van der Waals surface area contributed by atoms with Gasteiger partial charge in [0.25, 0.3) is 0 Å². The molecule has 0 aliphatic heterocycles. The summed E-state index contributed by atoms with van der Waals surface area (Å²) >= 11 is 0. The lowest BCUT2D eigenvalue weighted by Crippen LogP contribution is -2.16. The minimum absolute atomic E-state index is 0.101. The minimum Gasteiger partial charge on any atom is -0.310 e. The van der Waals surface area contributed by atoms with Gasteiger partial charge in [-0.2, -0.15) is 0 Å². The summed E-state index contributed by atoms with van der Waals surface area (Å²) < 4.78 is 0. The lowest BCUT2D eigenvalue weighted by Gasteiger charge is -2.29. The molecule has 0 saturated heterocycles. The van der Waals surface area contributed by atoms with Gasteiger partial charge in [0.05, 0.1) is 5.69 Å². The molecule has 56 heavy (non-hydrogen) atoms. The molecule has 1 aliphatic rings. The molecule has 0 heterocycles. The largest absolute Gasteiger partial charge is 0.310 e. The highest BCUT2D eigenvalue weighted by atomic mass is 15.1. The van der Waals surface area contributed by atoms with Crippen molar-refractivity contribution in [2.45, 2.75) is 19.3 Å². The SMILES string of the molecule is CC1(C)c2ccccc2-c2c(N(c3ccc(-c4ccc5c(ccc6ccc7ccccc7c65)c4)cc3)c3cccc(-c4cccc5ccccc45)c3)cccc21. The van der Waals surface area contributed by atoms with Crippen LogP contribution in [0.1, 0.15) is 25.0 Å². The molecule has 0 radical (unpaired) electrons. The zero-order chi connectivity index (χ0) is 37.4. The molecule has 264 valence electrons. The molecule has 0 bridgehead atoms. The Morgan fingerprint density at radius 1 is 0.357 bits per heavy atom. The number of hydrogen-bond donors (Lipinski definition) is 0. The number of nitrogens with zero attached hydrogens (tertiary/aromatic N) is 1. The third-order valence-electron chi connectivity index (χ3n) is 12.2. The maximum Gasteiger partial charge on any atom is 0.0543 e. The minimum atomic E-state index is -0.101. The molecule has 10 aromatic carbocycles. The van der Waals surface area contributed by atoms with Gasteiger partial charge in [-0.1, -0.05) is 178 Å². The summed E-state index contributed by atoms with van der Waals surface area (Å²) in [5, 5.41) is 10.2. The maximum atomic E-state index is 2.47. The molecule has 1 heteroatoms. The van der Waals surface area contributed by atoms with Crippen molar-refractivity contribution >= 4 is 60.2 Å². The summed E-state index contributed by atoms with van der Waals surface area (Å²) in [6.45, 7) is 4.72. The smallest absolute Gasteiger partial charge is 0.0543 e. The summed E-state index contributed by atoms with van der Waals surface area (Å²) in [5.74, 6) is 0.